The fourth-order valence-electron chi connectivity index (χ4n) is 2.98. The van der Waals surface area contributed by atoms with Crippen LogP contribution in [-0.2, 0) is 9.53 Å². The van der Waals surface area contributed by atoms with Gasteiger partial charge in [0.1, 0.15) is 0 Å². The molecule has 0 aromatic heterocycles. The predicted molar refractivity (Wildman–Crippen MR) is 65.6 cm³/mol. The molecule has 0 saturated carbocycles. The molecule has 2 heteroatoms. The van der Waals surface area contributed by atoms with Gasteiger partial charge in [-0.1, -0.05) is 37.3 Å². The minimum absolute atomic E-state index is 0.0282. The van der Waals surface area contributed by atoms with E-state index >= 15 is 0 Å². The van der Waals surface area contributed by atoms with Crippen molar-refractivity contribution in [3.63, 3.8) is 0 Å². The average molecular weight is 228 g/mol. The van der Waals surface area contributed by atoms with Crippen molar-refractivity contribution >= 4 is 5.78 Å². The van der Waals surface area contributed by atoms with E-state index in [1.54, 1.807) is 0 Å². The number of carbonyl (C=O) groups excluding carboxylic acids is 1. The van der Waals surface area contributed by atoms with Crippen LogP contribution in [0, 0.1) is 5.92 Å². The van der Waals surface area contributed by atoms with Crippen molar-refractivity contribution < 1.29 is 9.53 Å². The van der Waals surface area contributed by atoms with Crippen molar-refractivity contribution in [2.24, 2.45) is 5.92 Å². The number of ketones is 1. The number of rotatable bonds is 1. The van der Waals surface area contributed by atoms with E-state index in [0.29, 0.717) is 12.4 Å². The van der Waals surface area contributed by atoms with Crippen LogP contribution in [0.4, 0.5) is 0 Å². The predicted octanol–water partition coefficient (Wildman–Crippen LogP) is 3.05. The van der Waals surface area contributed by atoms with E-state index in [9.17, 15) is 4.79 Å². The first kappa shape index (κ1) is 10.6. The highest BCUT2D eigenvalue weighted by molar-refractivity contribution is 6.00. The zero-order chi connectivity index (χ0) is 11.8. The molecule has 0 fully saturated rings. The van der Waals surface area contributed by atoms with Gasteiger partial charge in [-0.05, 0) is 24.0 Å². The molecule has 1 aromatic carbocycles. The second-order valence-corrected chi connectivity index (χ2v) is 4.85. The monoisotopic (exact) mass is 228 g/mol. The van der Waals surface area contributed by atoms with Crippen LogP contribution in [0.2, 0.25) is 0 Å². The van der Waals surface area contributed by atoms with Gasteiger partial charge in [-0.3, -0.25) is 4.79 Å². The highest BCUT2D eigenvalue weighted by Crippen LogP contribution is 2.45. The minimum Gasteiger partial charge on any atom is -0.490 e. The quantitative estimate of drug-likeness (QED) is 0.738. The van der Waals surface area contributed by atoms with Gasteiger partial charge in [0, 0.05) is 11.8 Å². The third-order valence-corrected chi connectivity index (χ3v) is 3.80. The normalized spacial score (nSPS) is 27.9. The molecule has 0 unspecified atom stereocenters. The second-order valence-electron chi connectivity index (χ2n) is 4.85. The molecule has 1 aliphatic heterocycles. The number of ether oxygens (including phenoxy) is 1. The molecule has 88 valence electrons. The maximum atomic E-state index is 12.1. The number of hydrogen-bond acceptors (Lipinski definition) is 2. The fourth-order valence-corrected chi connectivity index (χ4v) is 2.98. The van der Waals surface area contributed by atoms with Gasteiger partial charge >= 0.3 is 0 Å². The molecule has 0 spiro atoms. The van der Waals surface area contributed by atoms with Crippen molar-refractivity contribution in [2.45, 2.75) is 25.7 Å². The molecule has 1 heterocycles. The molecule has 0 amide bonds. The Balaban J connectivity index is 2.05. The third kappa shape index (κ3) is 1.59. The summed E-state index contributed by atoms with van der Waals surface area (Å²) in [6, 6.07) is 10.3. The highest BCUT2D eigenvalue weighted by atomic mass is 16.5. The number of carbonyl (C=O) groups is 1. The fraction of sp³-hybridized carbons (Fsp3) is 0.400. The van der Waals surface area contributed by atoms with Crippen LogP contribution in [0.25, 0.3) is 0 Å². The lowest BCUT2D eigenvalue weighted by Crippen LogP contribution is -2.13. The van der Waals surface area contributed by atoms with Crippen LogP contribution >= 0.6 is 0 Å². The van der Waals surface area contributed by atoms with E-state index in [4.69, 9.17) is 4.74 Å². The molecule has 2 nitrogen and oxygen atoms in total. The first-order valence-corrected chi connectivity index (χ1v) is 6.24. The van der Waals surface area contributed by atoms with Crippen LogP contribution in [0.3, 0.4) is 0 Å². The highest BCUT2D eigenvalue weighted by Gasteiger charge is 2.41. The van der Waals surface area contributed by atoms with Gasteiger partial charge in [0.05, 0.1) is 6.61 Å². The van der Waals surface area contributed by atoms with Crippen molar-refractivity contribution in [2.75, 3.05) is 6.61 Å². The molecule has 2 atom stereocenters. The van der Waals surface area contributed by atoms with Crippen molar-refractivity contribution in [1.82, 2.24) is 0 Å². The van der Waals surface area contributed by atoms with E-state index in [1.807, 2.05) is 25.1 Å². The van der Waals surface area contributed by atoms with Crippen LogP contribution < -0.4 is 0 Å². The molecule has 1 aliphatic carbocycles. The third-order valence-electron chi connectivity index (χ3n) is 3.80. The number of benzene rings is 1. The van der Waals surface area contributed by atoms with E-state index in [2.05, 4.69) is 12.1 Å². The SMILES string of the molecule is C[C@H]1C(=O)C2=C(CCCO2)[C@H]1c1ccccc1. The summed E-state index contributed by atoms with van der Waals surface area (Å²) in [6.07, 6.45) is 2.03. The topological polar surface area (TPSA) is 26.3 Å². The lowest BCUT2D eigenvalue weighted by Gasteiger charge is -2.20. The van der Waals surface area contributed by atoms with Crippen molar-refractivity contribution in [3.8, 4) is 0 Å². The summed E-state index contributed by atoms with van der Waals surface area (Å²) < 4.78 is 5.57. The number of allylic oxidation sites excluding steroid dienone is 2. The maximum absolute atomic E-state index is 12.1. The van der Waals surface area contributed by atoms with Gasteiger partial charge < -0.3 is 4.74 Å². The number of Topliss-reactive ketones (excluding diaryl/α,β-unsaturated/α-hetero) is 1. The zero-order valence-corrected chi connectivity index (χ0v) is 9.98. The molecule has 0 radical (unpaired) electrons. The Labute approximate surface area is 101 Å². The smallest absolute Gasteiger partial charge is 0.201 e. The summed E-state index contributed by atoms with van der Waals surface area (Å²) in [5, 5.41) is 0. The summed E-state index contributed by atoms with van der Waals surface area (Å²) in [7, 11) is 0. The average Bonchev–Trinajstić information content (AvgIpc) is 2.64. The van der Waals surface area contributed by atoms with Gasteiger partial charge in [0.15, 0.2) is 5.76 Å². The van der Waals surface area contributed by atoms with Gasteiger partial charge in [-0.2, -0.15) is 0 Å². The summed E-state index contributed by atoms with van der Waals surface area (Å²) in [4.78, 5) is 12.1. The second kappa shape index (κ2) is 4.02. The van der Waals surface area contributed by atoms with E-state index in [-0.39, 0.29) is 17.6 Å². The first-order valence-electron chi connectivity index (χ1n) is 6.24. The molecule has 2 aliphatic rings. The summed E-state index contributed by atoms with van der Waals surface area (Å²) in [6.45, 7) is 2.71. The van der Waals surface area contributed by atoms with Crippen LogP contribution in [0.5, 0.6) is 0 Å². The minimum atomic E-state index is 0.0282. The van der Waals surface area contributed by atoms with Crippen molar-refractivity contribution in [1.29, 1.82) is 0 Å². The Kier molecular flexibility index (Phi) is 2.50. The van der Waals surface area contributed by atoms with Gasteiger partial charge in [0.2, 0.25) is 5.78 Å². The van der Waals surface area contributed by atoms with E-state index < -0.39 is 0 Å². The maximum Gasteiger partial charge on any atom is 0.201 e. The Morgan fingerprint density at radius 1 is 1.24 bits per heavy atom. The Morgan fingerprint density at radius 3 is 2.76 bits per heavy atom. The van der Waals surface area contributed by atoms with Crippen LogP contribution in [0.1, 0.15) is 31.2 Å². The van der Waals surface area contributed by atoms with Crippen molar-refractivity contribution in [3.05, 3.63) is 47.2 Å². The van der Waals surface area contributed by atoms with Crippen LogP contribution in [-0.4, -0.2) is 12.4 Å². The lowest BCUT2D eigenvalue weighted by molar-refractivity contribution is -0.121. The molecule has 1 aromatic rings. The zero-order valence-electron chi connectivity index (χ0n) is 9.98. The Hall–Kier alpha value is -1.57. The van der Waals surface area contributed by atoms with E-state index in [1.165, 1.54) is 11.1 Å². The standard InChI is InChI=1S/C15H16O2/c1-10-13(11-6-3-2-4-7-11)12-8-5-9-17-15(12)14(10)16/h2-4,6-7,10,13H,5,8-9H2,1H3/t10-,13-/m1/s1. The van der Waals surface area contributed by atoms with Gasteiger partial charge in [-0.25, -0.2) is 0 Å². The molecule has 3 rings (SSSR count). The first-order chi connectivity index (χ1) is 8.29. The van der Waals surface area contributed by atoms with Gasteiger partial charge in [-0.15, -0.1) is 0 Å². The number of hydrogen-bond donors (Lipinski definition) is 0. The van der Waals surface area contributed by atoms with E-state index in [0.717, 1.165) is 12.8 Å². The van der Waals surface area contributed by atoms with Crippen LogP contribution in [0.15, 0.2) is 41.7 Å². The molecule has 0 saturated heterocycles. The Morgan fingerprint density at radius 2 is 2.00 bits per heavy atom. The summed E-state index contributed by atoms with van der Waals surface area (Å²) in [5.41, 5.74) is 2.46. The molecule has 17 heavy (non-hydrogen) atoms. The molecule has 0 N–H and O–H groups in total. The lowest BCUT2D eigenvalue weighted by atomic mass is 9.84. The van der Waals surface area contributed by atoms with Gasteiger partial charge in [0.25, 0.3) is 0 Å². The molecular formula is C15H16O2. The molecular weight excluding hydrogens is 212 g/mol. The Bertz CT molecular complexity index is 473. The summed E-state index contributed by atoms with van der Waals surface area (Å²) in [5.74, 6) is 1.12. The largest absolute Gasteiger partial charge is 0.490 e. The summed E-state index contributed by atoms with van der Waals surface area (Å²) >= 11 is 0. The molecule has 0 bridgehead atoms.